The second-order valence-electron chi connectivity index (χ2n) is 9.30. The van der Waals surface area contributed by atoms with Gasteiger partial charge in [0, 0.05) is 43.9 Å². The van der Waals surface area contributed by atoms with Gasteiger partial charge in [0.15, 0.2) is 5.82 Å². The van der Waals surface area contributed by atoms with Crippen molar-refractivity contribution >= 4 is 10.9 Å². The van der Waals surface area contributed by atoms with Crippen LogP contribution in [0.4, 0.5) is 0 Å². The van der Waals surface area contributed by atoms with Gasteiger partial charge in [-0.3, -0.25) is 9.69 Å². The lowest BCUT2D eigenvalue weighted by Crippen LogP contribution is -2.49. The van der Waals surface area contributed by atoms with E-state index in [1.807, 2.05) is 16.8 Å². The normalized spacial score (nSPS) is 21.1. The average Bonchev–Trinajstić information content (AvgIpc) is 3.49. The Morgan fingerprint density at radius 3 is 2.67 bits per heavy atom. The van der Waals surface area contributed by atoms with Crippen LogP contribution in [0.25, 0.3) is 10.9 Å². The first-order chi connectivity index (χ1) is 16.0. The van der Waals surface area contributed by atoms with Crippen LogP contribution >= 0.6 is 0 Å². The molecule has 2 saturated heterocycles. The third kappa shape index (κ3) is 4.45. The van der Waals surface area contributed by atoms with Crippen LogP contribution in [0.15, 0.2) is 23.0 Å². The summed E-state index contributed by atoms with van der Waals surface area (Å²) in [5, 5.41) is 13.8. The second kappa shape index (κ2) is 9.32. The number of aryl methyl sites for hydroxylation is 2. The Hall–Kier alpha value is -2.62. The van der Waals surface area contributed by atoms with E-state index in [0.29, 0.717) is 17.9 Å². The fraction of sp³-hybridized carbons (Fsp3) is 0.583. The van der Waals surface area contributed by atoms with Crippen molar-refractivity contribution in [3.05, 3.63) is 51.1 Å². The van der Waals surface area contributed by atoms with Crippen molar-refractivity contribution in [1.82, 2.24) is 35.0 Å². The zero-order chi connectivity index (χ0) is 22.9. The highest BCUT2D eigenvalue weighted by Crippen LogP contribution is 2.29. The summed E-state index contributed by atoms with van der Waals surface area (Å²) < 4.78 is 7.69. The van der Waals surface area contributed by atoms with Crippen LogP contribution in [0.3, 0.4) is 0 Å². The van der Waals surface area contributed by atoms with E-state index in [4.69, 9.17) is 4.74 Å². The number of ether oxygens (including phenoxy) is 1. The summed E-state index contributed by atoms with van der Waals surface area (Å²) in [4.78, 5) is 21.3. The van der Waals surface area contributed by atoms with Gasteiger partial charge in [-0.1, -0.05) is 6.92 Å². The van der Waals surface area contributed by atoms with E-state index in [0.717, 1.165) is 63.1 Å². The minimum atomic E-state index is -0.310. The van der Waals surface area contributed by atoms with E-state index >= 15 is 0 Å². The summed E-state index contributed by atoms with van der Waals surface area (Å²) in [5.41, 5.74) is 3.84. The lowest BCUT2D eigenvalue weighted by molar-refractivity contribution is 0.0860. The van der Waals surface area contributed by atoms with Gasteiger partial charge in [-0.2, -0.15) is 0 Å². The van der Waals surface area contributed by atoms with Gasteiger partial charge in [-0.05, 0) is 78.4 Å². The Labute approximate surface area is 193 Å². The van der Waals surface area contributed by atoms with E-state index in [1.54, 1.807) is 0 Å². The lowest BCUT2D eigenvalue weighted by Gasteiger charge is -2.38. The Balaban J connectivity index is 1.58. The number of piperazine rings is 1. The molecular formula is C24H33N7O2. The van der Waals surface area contributed by atoms with Gasteiger partial charge in [-0.25, -0.2) is 4.68 Å². The molecule has 2 fully saturated rings. The molecule has 1 N–H and O–H groups in total. The molecule has 0 radical (unpaired) electrons. The SMILES string of the molecule is CCN1CCN([C@H](c2cc3cc(C)c(C)cc3[nH]c2=O)c2nnnn2C[C@H]2CCCO2)CC1. The van der Waals surface area contributed by atoms with Crippen LogP contribution in [-0.2, 0) is 11.3 Å². The minimum absolute atomic E-state index is 0.0830. The molecule has 0 amide bonds. The van der Waals surface area contributed by atoms with E-state index in [2.05, 4.69) is 57.1 Å². The predicted octanol–water partition coefficient (Wildman–Crippen LogP) is 2.04. The summed E-state index contributed by atoms with van der Waals surface area (Å²) in [6.07, 6.45) is 2.19. The zero-order valence-corrected chi connectivity index (χ0v) is 19.8. The van der Waals surface area contributed by atoms with Gasteiger partial charge in [0.2, 0.25) is 0 Å². The zero-order valence-electron chi connectivity index (χ0n) is 19.8. The molecule has 0 unspecified atom stereocenters. The number of hydrogen-bond acceptors (Lipinski definition) is 7. The number of nitrogens with zero attached hydrogens (tertiary/aromatic N) is 6. The van der Waals surface area contributed by atoms with Crippen molar-refractivity contribution in [2.75, 3.05) is 39.3 Å². The first-order valence-corrected chi connectivity index (χ1v) is 12.0. The summed E-state index contributed by atoms with van der Waals surface area (Å²) in [5.74, 6) is 0.712. The molecule has 2 atom stereocenters. The van der Waals surface area contributed by atoms with Gasteiger partial charge in [0.05, 0.1) is 12.6 Å². The number of H-pyrrole nitrogens is 1. The fourth-order valence-corrected chi connectivity index (χ4v) is 5.05. The second-order valence-corrected chi connectivity index (χ2v) is 9.30. The Morgan fingerprint density at radius 1 is 1.15 bits per heavy atom. The largest absolute Gasteiger partial charge is 0.376 e. The first kappa shape index (κ1) is 22.2. The van der Waals surface area contributed by atoms with Crippen molar-refractivity contribution in [2.45, 2.75) is 52.3 Å². The highest BCUT2D eigenvalue weighted by molar-refractivity contribution is 5.81. The number of benzene rings is 1. The lowest BCUT2D eigenvalue weighted by atomic mass is 10.00. The molecule has 0 aliphatic carbocycles. The Kier molecular flexibility index (Phi) is 6.27. The summed E-state index contributed by atoms with van der Waals surface area (Å²) in [7, 11) is 0. The van der Waals surface area contributed by atoms with E-state index in [1.165, 1.54) is 11.1 Å². The smallest absolute Gasteiger partial charge is 0.253 e. The molecule has 4 heterocycles. The maximum atomic E-state index is 13.4. The topological polar surface area (TPSA) is 92.2 Å². The molecule has 176 valence electrons. The number of rotatable bonds is 6. The molecule has 1 aromatic carbocycles. The summed E-state index contributed by atoms with van der Waals surface area (Å²) >= 11 is 0. The molecule has 9 heteroatoms. The molecule has 2 aliphatic heterocycles. The van der Waals surface area contributed by atoms with Gasteiger partial charge in [-0.15, -0.1) is 5.10 Å². The van der Waals surface area contributed by atoms with Gasteiger partial charge in [0.1, 0.15) is 6.04 Å². The molecule has 3 aromatic rings. The van der Waals surface area contributed by atoms with Crippen molar-refractivity contribution in [2.24, 2.45) is 0 Å². The fourth-order valence-electron chi connectivity index (χ4n) is 5.05. The number of aromatic nitrogens is 5. The third-order valence-electron chi connectivity index (χ3n) is 7.21. The average molecular weight is 452 g/mol. The number of hydrogen-bond donors (Lipinski definition) is 1. The number of likely N-dealkylation sites (N-methyl/N-ethyl adjacent to an activating group) is 1. The number of nitrogens with one attached hydrogen (secondary N) is 1. The Morgan fingerprint density at radius 2 is 1.94 bits per heavy atom. The number of aromatic amines is 1. The standard InChI is InChI=1S/C24H33N7O2/c1-4-29-7-9-30(10-8-29)22(23-26-27-28-31(23)15-19-6-5-11-33-19)20-14-18-12-16(2)17(3)13-21(18)25-24(20)32/h12-14,19,22H,4-11,15H2,1-3H3,(H,25,32)/t19-,22-/m1/s1. The van der Waals surface area contributed by atoms with E-state index in [-0.39, 0.29) is 17.7 Å². The van der Waals surface area contributed by atoms with Crippen LogP contribution < -0.4 is 5.56 Å². The summed E-state index contributed by atoms with van der Waals surface area (Å²) in [6, 6.07) is 5.91. The van der Waals surface area contributed by atoms with E-state index in [9.17, 15) is 4.79 Å². The molecule has 5 rings (SSSR count). The first-order valence-electron chi connectivity index (χ1n) is 12.0. The van der Waals surface area contributed by atoms with Crippen LogP contribution in [-0.4, -0.2) is 80.4 Å². The predicted molar refractivity (Wildman–Crippen MR) is 126 cm³/mol. The maximum absolute atomic E-state index is 13.4. The van der Waals surface area contributed by atoms with E-state index < -0.39 is 0 Å². The van der Waals surface area contributed by atoms with Crippen molar-refractivity contribution in [1.29, 1.82) is 0 Å². The molecule has 2 aliphatic rings. The van der Waals surface area contributed by atoms with Crippen molar-refractivity contribution in [3.8, 4) is 0 Å². The highest BCUT2D eigenvalue weighted by Gasteiger charge is 2.33. The third-order valence-corrected chi connectivity index (χ3v) is 7.21. The quantitative estimate of drug-likeness (QED) is 0.613. The molecule has 9 nitrogen and oxygen atoms in total. The molecular weight excluding hydrogens is 418 g/mol. The molecule has 2 aromatic heterocycles. The minimum Gasteiger partial charge on any atom is -0.376 e. The highest BCUT2D eigenvalue weighted by atomic mass is 16.5. The number of tetrazole rings is 1. The molecule has 0 bridgehead atoms. The maximum Gasteiger partial charge on any atom is 0.253 e. The monoisotopic (exact) mass is 451 g/mol. The number of fused-ring (bicyclic) bond motifs is 1. The van der Waals surface area contributed by atoms with Gasteiger partial charge < -0.3 is 14.6 Å². The Bertz CT molecular complexity index is 1170. The van der Waals surface area contributed by atoms with Gasteiger partial charge in [0.25, 0.3) is 5.56 Å². The molecule has 0 spiro atoms. The van der Waals surface area contributed by atoms with Crippen molar-refractivity contribution in [3.63, 3.8) is 0 Å². The van der Waals surface area contributed by atoms with Crippen molar-refractivity contribution < 1.29 is 4.74 Å². The van der Waals surface area contributed by atoms with Crippen LogP contribution in [0.2, 0.25) is 0 Å². The molecule has 0 saturated carbocycles. The summed E-state index contributed by atoms with van der Waals surface area (Å²) in [6.45, 7) is 12.4. The van der Waals surface area contributed by atoms with Gasteiger partial charge >= 0.3 is 0 Å². The van der Waals surface area contributed by atoms with Crippen LogP contribution in [0, 0.1) is 13.8 Å². The van der Waals surface area contributed by atoms with Crippen LogP contribution in [0.1, 0.15) is 48.3 Å². The molecule has 33 heavy (non-hydrogen) atoms. The number of pyridine rings is 1. The van der Waals surface area contributed by atoms with Crippen LogP contribution in [0.5, 0.6) is 0 Å².